The second kappa shape index (κ2) is 11.1. The zero-order valence-corrected chi connectivity index (χ0v) is 22.3. The van der Waals surface area contributed by atoms with Crippen LogP contribution in [0.4, 0.5) is 5.69 Å². The third-order valence-electron chi connectivity index (χ3n) is 6.17. The minimum Gasteiger partial charge on any atom is -0.326 e. The van der Waals surface area contributed by atoms with Gasteiger partial charge in [0.05, 0.1) is 16.3 Å². The number of nitrogens with zero attached hydrogens (tertiary/aromatic N) is 3. The second-order valence-corrected chi connectivity index (χ2v) is 10.5. The van der Waals surface area contributed by atoms with Crippen molar-refractivity contribution in [3.05, 3.63) is 108 Å². The first-order chi connectivity index (χ1) is 18.2. The number of benzene rings is 3. The molecule has 9 heteroatoms. The Bertz CT molecular complexity index is 1610. The lowest BCUT2D eigenvalue weighted by Crippen LogP contribution is -2.30. The van der Waals surface area contributed by atoms with E-state index in [2.05, 4.69) is 11.7 Å². The fourth-order valence-electron chi connectivity index (χ4n) is 4.54. The first-order valence-electron chi connectivity index (χ1n) is 12.2. The lowest BCUT2D eigenvalue weighted by atomic mass is 10.0. The van der Waals surface area contributed by atoms with Gasteiger partial charge in [0.15, 0.2) is 0 Å². The number of carbonyl (C=O) groups is 1. The molecule has 4 N–H and O–H groups in total. The van der Waals surface area contributed by atoms with Crippen LogP contribution >= 0.6 is 0 Å². The number of carbonyl (C=O) groups excluding carboxylic acids is 1. The molecule has 0 aliphatic carbocycles. The Hall–Kier alpha value is -4.05. The van der Waals surface area contributed by atoms with Gasteiger partial charge in [-0.25, -0.2) is 18.2 Å². The van der Waals surface area contributed by atoms with E-state index in [1.54, 1.807) is 39.9 Å². The summed E-state index contributed by atoms with van der Waals surface area (Å²) in [5.41, 5.74) is 11.8. The number of allylic oxidation sites excluding steroid dienone is 1. The molecular formula is C29H31N5O3S. The van der Waals surface area contributed by atoms with E-state index in [9.17, 15) is 13.2 Å². The maximum absolute atomic E-state index is 13.7. The van der Waals surface area contributed by atoms with Crippen LogP contribution in [0.15, 0.2) is 90.3 Å². The van der Waals surface area contributed by atoms with Gasteiger partial charge in [-0.1, -0.05) is 42.5 Å². The van der Waals surface area contributed by atoms with Gasteiger partial charge in [0, 0.05) is 24.3 Å². The second-order valence-electron chi connectivity index (χ2n) is 8.96. The Balaban J connectivity index is 0.00000107. The van der Waals surface area contributed by atoms with Gasteiger partial charge in [0.1, 0.15) is 5.69 Å². The predicted octanol–water partition coefficient (Wildman–Crippen LogP) is 4.35. The highest BCUT2D eigenvalue weighted by Gasteiger charge is 2.29. The summed E-state index contributed by atoms with van der Waals surface area (Å²) >= 11 is 0. The lowest BCUT2D eigenvalue weighted by molar-refractivity contribution is 0.0982. The van der Waals surface area contributed by atoms with Gasteiger partial charge in [0.25, 0.3) is 5.91 Å². The number of aromatic nitrogens is 2. The van der Waals surface area contributed by atoms with Crippen LogP contribution in [0.1, 0.15) is 34.2 Å². The van der Waals surface area contributed by atoms with Crippen molar-refractivity contribution in [1.82, 2.24) is 9.78 Å². The van der Waals surface area contributed by atoms with Gasteiger partial charge in [0.2, 0.25) is 10.0 Å². The largest absolute Gasteiger partial charge is 0.326 e. The number of anilines is 1. The van der Waals surface area contributed by atoms with Crippen molar-refractivity contribution in [2.24, 2.45) is 10.9 Å². The zero-order valence-electron chi connectivity index (χ0n) is 21.5. The summed E-state index contributed by atoms with van der Waals surface area (Å²) in [5, 5.41) is 9.97. The minimum atomic E-state index is -3.87. The summed E-state index contributed by atoms with van der Waals surface area (Å²) in [4.78, 5) is 15.5. The van der Waals surface area contributed by atoms with Crippen molar-refractivity contribution in [3.63, 3.8) is 0 Å². The van der Waals surface area contributed by atoms with Crippen LogP contribution in [0, 0.1) is 6.92 Å². The van der Waals surface area contributed by atoms with Crippen molar-refractivity contribution in [2.45, 2.75) is 31.7 Å². The van der Waals surface area contributed by atoms with Crippen molar-refractivity contribution in [1.29, 1.82) is 0 Å². The molecule has 1 amide bonds. The van der Waals surface area contributed by atoms with Crippen LogP contribution in [0.25, 0.3) is 16.8 Å². The monoisotopic (exact) mass is 529 g/mol. The van der Waals surface area contributed by atoms with Gasteiger partial charge in [-0.3, -0.25) is 4.79 Å². The van der Waals surface area contributed by atoms with Gasteiger partial charge in [-0.2, -0.15) is 5.10 Å². The number of primary sulfonamides is 1. The first kappa shape index (κ1) is 27.0. The minimum absolute atomic E-state index is 0.0740. The van der Waals surface area contributed by atoms with Gasteiger partial charge < -0.3 is 10.6 Å². The number of rotatable bonds is 5. The highest BCUT2D eigenvalue weighted by molar-refractivity contribution is 7.89. The number of amides is 1. The molecule has 1 aliphatic heterocycles. The topological polar surface area (TPSA) is 124 Å². The summed E-state index contributed by atoms with van der Waals surface area (Å²) in [7, 11) is -3.87. The Labute approximate surface area is 223 Å². The number of nitrogens with two attached hydrogens (primary N) is 2. The maximum atomic E-state index is 13.7. The molecule has 0 fully saturated rings. The van der Waals surface area contributed by atoms with Crippen molar-refractivity contribution in [3.8, 4) is 16.8 Å². The third-order valence-corrected chi connectivity index (χ3v) is 7.14. The fourth-order valence-corrected chi connectivity index (χ4v) is 5.30. The Morgan fingerprint density at radius 1 is 1.08 bits per heavy atom. The molecule has 1 aromatic heterocycles. The van der Waals surface area contributed by atoms with Crippen LogP contribution in [0.3, 0.4) is 0 Å². The van der Waals surface area contributed by atoms with E-state index < -0.39 is 10.0 Å². The molecule has 0 spiro atoms. The average Bonchev–Trinajstić information content (AvgIpc) is 3.51. The smallest absolute Gasteiger partial charge is 0.277 e. The average molecular weight is 530 g/mol. The van der Waals surface area contributed by atoms with Crippen LogP contribution < -0.4 is 15.8 Å². The Kier molecular flexibility index (Phi) is 7.91. The molecule has 38 heavy (non-hydrogen) atoms. The van der Waals surface area contributed by atoms with Crippen molar-refractivity contribution in [2.75, 3.05) is 11.4 Å². The predicted molar refractivity (Wildman–Crippen MR) is 151 cm³/mol. The molecular weight excluding hydrogens is 498 g/mol. The van der Waals surface area contributed by atoms with E-state index in [4.69, 9.17) is 10.9 Å². The molecule has 1 aliphatic rings. The molecule has 196 valence electrons. The Morgan fingerprint density at radius 3 is 2.53 bits per heavy atom. The molecule has 2 heterocycles. The molecule has 4 aromatic rings. The number of hydrogen-bond acceptors (Lipinski definition) is 5. The third kappa shape index (κ3) is 5.45. The van der Waals surface area contributed by atoms with E-state index >= 15 is 0 Å². The van der Waals surface area contributed by atoms with E-state index in [0.29, 0.717) is 30.8 Å². The van der Waals surface area contributed by atoms with Crippen LogP contribution in [-0.2, 0) is 23.0 Å². The SMILES string of the molecule is C=CC.Cc1cc(C(=O)N2CCc3cc(-c4ccccc4S(N)(=O)=O)ccc32)n(-c2cccc(CN)c2)n1. The molecule has 0 unspecified atom stereocenters. The summed E-state index contributed by atoms with van der Waals surface area (Å²) < 4.78 is 25.8. The highest BCUT2D eigenvalue weighted by atomic mass is 32.2. The molecule has 3 aromatic carbocycles. The van der Waals surface area contributed by atoms with E-state index in [0.717, 1.165) is 33.8 Å². The van der Waals surface area contributed by atoms with E-state index in [1.807, 2.05) is 56.3 Å². The highest BCUT2D eigenvalue weighted by Crippen LogP contribution is 2.35. The number of hydrogen-bond donors (Lipinski definition) is 2. The summed E-state index contributed by atoms with van der Waals surface area (Å²) in [6.07, 6.45) is 2.40. The normalized spacial score (nSPS) is 12.5. The van der Waals surface area contributed by atoms with Gasteiger partial charge in [-0.05, 0) is 73.4 Å². The standard InChI is InChI=1S/C26H25N5O3S.C3H6/c1-17-13-24(31(29-17)21-6-4-5-18(14-21)16-27)26(32)30-12-11-20-15-19(9-10-23(20)30)22-7-2-3-8-25(22)35(28,33)34;1-3-2/h2-10,13-15H,11-12,16,27H2,1H3,(H2,28,33,34);3H,1H2,2H3. The molecule has 5 rings (SSSR count). The Morgan fingerprint density at radius 2 is 1.82 bits per heavy atom. The van der Waals surface area contributed by atoms with Crippen LogP contribution in [0.5, 0.6) is 0 Å². The quantitative estimate of drug-likeness (QED) is 0.372. The summed E-state index contributed by atoms with van der Waals surface area (Å²) in [6, 6.07) is 21.7. The number of sulfonamides is 1. The summed E-state index contributed by atoms with van der Waals surface area (Å²) in [5.74, 6) is -0.153. The molecule has 0 saturated carbocycles. The zero-order chi connectivity index (χ0) is 27.4. The molecule has 0 radical (unpaired) electrons. The van der Waals surface area contributed by atoms with Crippen molar-refractivity contribution >= 4 is 21.6 Å². The van der Waals surface area contributed by atoms with Crippen LogP contribution in [0.2, 0.25) is 0 Å². The number of fused-ring (bicyclic) bond motifs is 1. The van der Waals surface area contributed by atoms with Crippen molar-refractivity contribution < 1.29 is 13.2 Å². The molecule has 0 saturated heterocycles. The lowest BCUT2D eigenvalue weighted by Gasteiger charge is -2.19. The van der Waals surface area contributed by atoms with E-state index in [1.165, 1.54) is 6.07 Å². The van der Waals surface area contributed by atoms with Gasteiger partial charge in [-0.15, -0.1) is 6.58 Å². The summed E-state index contributed by atoms with van der Waals surface area (Å²) in [6.45, 7) is 8.02. The first-order valence-corrected chi connectivity index (χ1v) is 13.7. The molecule has 0 bridgehead atoms. The number of aryl methyl sites for hydroxylation is 1. The molecule has 0 atom stereocenters. The van der Waals surface area contributed by atoms with E-state index in [-0.39, 0.29) is 10.8 Å². The van der Waals surface area contributed by atoms with Crippen LogP contribution in [-0.4, -0.2) is 30.7 Å². The van der Waals surface area contributed by atoms with Gasteiger partial charge >= 0.3 is 0 Å². The fraction of sp³-hybridized carbons (Fsp3) is 0.172. The maximum Gasteiger partial charge on any atom is 0.277 e. The molecule has 8 nitrogen and oxygen atoms in total.